The van der Waals surface area contributed by atoms with Crippen molar-refractivity contribution in [3.05, 3.63) is 23.3 Å². The molecule has 1 aliphatic rings. The molecular weight excluding hydrogens is 286 g/mol. The lowest BCUT2D eigenvalue weighted by Crippen LogP contribution is -2.41. The van der Waals surface area contributed by atoms with Crippen LogP contribution in [0, 0.1) is 0 Å². The summed E-state index contributed by atoms with van der Waals surface area (Å²) in [6.07, 6.45) is -1.30. The number of rotatable bonds is 2. The predicted octanol–water partition coefficient (Wildman–Crippen LogP) is 2.49. The van der Waals surface area contributed by atoms with Gasteiger partial charge in [0, 0.05) is 11.1 Å². The Labute approximate surface area is 130 Å². The van der Waals surface area contributed by atoms with Gasteiger partial charge < -0.3 is 24.2 Å². The Morgan fingerprint density at radius 3 is 2.36 bits per heavy atom. The number of aliphatic hydroxyl groups is 1. The van der Waals surface area contributed by atoms with Crippen LogP contribution in [0.5, 0.6) is 11.5 Å². The van der Waals surface area contributed by atoms with Crippen LogP contribution in [0.2, 0.25) is 0 Å². The molecule has 2 rings (SSSR count). The van der Waals surface area contributed by atoms with Gasteiger partial charge in [0.05, 0.1) is 27.3 Å². The molecule has 1 unspecified atom stereocenters. The smallest absolute Gasteiger partial charge is 0.410 e. The molecule has 22 heavy (non-hydrogen) atoms. The summed E-state index contributed by atoms with van der Waals surface area (Å²) in [5, 5.41) is 10.4. The molecule has 1 N–H and O–H groups in total. The number of amides is 1. The second-order valence-corrected chi connectivity index (χ2v) is 6.24. The molecule has 0 radical (unpaired) electrons. The van der Waals surface area contributed by atoms with Gasteiger partial charge in [0.25, 0.3) is 0 Å². The zero-order chi connectivity index (χ0) is 16.5. The highest BCUT2D eigenvalue weighted by Gasteiger charge is 2.33. The molecule has 1 aliphatic heterocycles. The van der Waals surface area contributed by atoms with Crippen molar-refractivity contribution in [2.24, 2.45) is 0 Å². The van der Waals surface area contributed by atoms with E-state index in [1.165, 1.54) is 4.90 Å². The molecule has 1 aromatic rings. The summed E-state index contributed by atoms with van der Waals surface area (Å²) in [7, 11) is 3.11. The first-order valence-corrected chi connectivity index (χ1v) is 7.16. The number of β-amino-alcohol motifs (C(OH)–C–C–N with tert-alkyl or cyclic N) is 1. The fourth-order valence-electron chi connectivity index (χ4n) is 2.54. The number of ether oxygens (including phenoxy) is 3. The first-order chi connectivity index (χ1) is 10.3. The summed E-state index contributed by atoms with van der Waals surface area (Å²) in [5.74, 6) is 1.20. The zero-order valence-corrected chi connectivity index (χ0v) is 13.7. The number of carbonyl (C=O) groups excluding carboxylic acids is 1. The highest BCUT2D eigenvalue weighted by molar-refractivity contribution is 5.69. The number of benzene rings is 1. The van der Waals surface area contributed by atoms with Crippen molar-refractivity contribution in [2.75, 3.05) is 20.8 Å². The minimum Gasteiger partial charge on any atom is -0.496 e. The van der Waals surface area contributed by atoms with Gasteiger partial charge in [-0.3, -0.25) is 0 Å². The molecule has 1 heterocycles. The third-order valence-electron chi connectivity index (χ3n) is 3.44. The summed E-state index contributed by atoms with van der Waals surface area (Å²) in [4.78, 5) is 13.7. The Morgan fingerprint density at radius 1 is 1.23 bits per heavy atom. The Balaban J connectivity index is 2.34. The third-order valence-corrected chi connectivity index (χ3v) is 3.44. The maximum atomic E-state index is 12.2. The number of hydrogen-bond acceptors (Lipinski definition) is 5. The van der Waals surface area contributed by atoms with Crippen molar-refractivity contribution < 1.29 is 24.1 Å². The van der Waals surface area contributed by atoms with Crippen LogP contribution in [-0.4, -0.2) is 42.5 Å². The molecule has 0 saturated carbocycles. The average molecular weight is 309 g/mol. The van der Waals surface area contributed by atoms with Gasteiger partial charge in [-0.2, -0.15) is 0 Å². The summed E-state index contributed by atoms with van der Waals surface area (Å²) in [6.45, 7) is 5.89. The van der Waals surface area contributed by atoms with E-state index in [-0.39, 0.29) is 6.54 Å². The Bertz CT molecular complexity index is 564. The molecule has 0 saturated heterocycles. The van der Waals surface area contributed by atoms with Crippen LogP contribution in [0.15, 0.2) is 12.1 Å². The largest absolute Gasteiger partial charge is 0.496 e. The lowest BCUT2D eigenvalue weighted by molar-refractivity contribution is 0.00761. The van der Waals surface area contributed by atoms with E-state index in [1.54, 1.807) is 26.4 Å². The maximum absolute atomic E-state index is 12.2. The molecule has 0 aromatic heterocycles. The molecule has 0 fully saturated rings. The van der Waals surface area contributed by atoms with Crippen molar-refractivity contribution >= 4 is 6.09 Å². The van der Waals surface area contributed by atoms with E-state index < -0.39 is 17.8 Å². The van der Waals surface area contributed by atoms with Crippen LogP contribution in [-0.2, 0) is 11.3 Å². The van der Waals surface area contributed by atoms with Crippen LogP contribution in [0.25, 0.3) is 0 Å². The molecule has 1 atom stereocenters. The van der Waals surface area contributed by atoms with E-state index in [2.05, 4.69) is 0 Å². The molecule has 122 valence electrons. The molecule has 1 amide bonds. The number of hydrogen-bond donors (Lipinski definition) is 1. The van der Waals surface area contributed by atoms with Crippen molar-refractivity contribution in [3.8, 4) is 11.5 Å². The monoisotopic (exact) mass is 309 g/mol. The topological polar surface area (TPSA) is 68.2 Å². The van der Waals surface area contributed by atoms with E-state index in [0.717, 1.165) is 5.56 Å². The van der Waals surface area contributed by atoms with Crippen LogP contribution in [0.3, 0.4) is 0 Å². The highest BCUT2D eigenvalue weighted by Crippen LogP contribution is 2.39. The summed E-state index contributed by atoms with van der Waals surface area (Å²) in [6, 6.07) is 3.52. The van der Waals surface area contributed by atoms with Gasteiger partial charge >= 0.3 is 6.09 Å². The zero-order valence-electron chi connectivity index (χ0n) is 13.7. The highest BCUT2D eigenvalue weighted by atomic mass is 16.6. The van der Waals surface area contributed by atoms with Gasteiger partial charge in [0.1, 0.15) is 23.2 Å². The lowest BCUT2D eigenvalue weighted by Gasteiger charge is -2.35. The predicted molar refractivity (Wildman–Crippen MR) is 81.1 cm³/mol. The number of methoxy groups -OCH3 is 2. The van der Waals surface area contributed by atoms with Gasteiger partial charge in [0.2, 0.25) is 0 Å². The quantitative estimate of drug-likeness (QED) is 0.909. The SMILES string of the molecule is COc1ccc(OC)c2c1CN(C(=O)OC(C)(C)C)CC2O. The molecule has 0 aliphatic carbocycles. The number of carbonyl (C=O) groups is 1. The molecular formula is C16H23NO5. The van der Waals surface area contributed by atoms with Gasteiger partial charge in [-0.15, -0.1) is 0 Å². The van der Waals surface area contributed by atoms with Crippen molar-refractivity contribution in [1.82, 2.24) is 4.90 Å². The van der Waals surface area contributed by atoms with Gasteiger partial charge in [-0.25, -0.2) is 4.79 Å². The number of fused-ring (bicyclic) bond motifs is 1. The first-order valence-electron chi connectivity index (χ1n) is 7.16. The molecule has 0 spiro atoms. The first kappa shape index (κ1) is 16.4. The average Bonchev–Trinajstić information content (AvgIpc) is 2.44. The summed E-state index contributed by atoms with van der Waals surface area (Å²) >= 11 is 0. The fourth-order valence-corrected chi connectivity index (χ4v) is 2.54. The van der Waals surface area contributed by atoms with Crippen molar-refractivity contribution in [3.63, 3.8) is 0 Å². The van der Waals surface area contributed by atoms with Gasteiger partial charge in [-0.1, -0.05) is 0 Å². The molecule has 6 nitrogen and oxygen atoms in total. The second-order valence-electron chi connectivity index (χ2n) is 6.24. The van der Waals surface area contributed by atoms with Crippen LogP contribution < -0.4 is 9.47 Å². The fraction of sp³-hybridized carbons (Fsp3) is 0.562. The van der Waals surface area contributed by atoms with Gasteiger partial charge in [-0.05, 0) is 32.9 Å². The Kier molecular flexibility index (Phi) is 4.51. The standard InChI is InChI=1S/C16H23NO5/c1-16(2,3)22-15(19)17-8-10-12(20-4)6-7-13(21-5)14(10)11(18)9-17/h6-7,11,18H,8-9H2,1-5H3. The van der Waals surface area contributed by atoms with Crippen molar-refractivity contribution in [1.29, 1.82) is 0 Å². The lowest BCUT2D eigenvalue weighted by atomic mass is 9.95. The summed E-state index contributed by atoms with van der Waals surface area (Å²) in [5.41, 5.74) is 0.828. The molecule has 6 heteroatoms. The van der Waals surface area contributed by atoms with E-state index in [0.29, 0.717) is 23.6 Å². The number of aliphatic hydroxyl groups excluding tert-OH is 1. The second kappa shape index (κ2) is 6.04. The van der Waals surface area contributed by atoms with Crippen LogP contribution in [0.1, 0.15) is 38.0 Å². The molecule has 1 aromatic carbocycles. The minimum atomic E-state index is -0.846. The maximum Gasteiger partial charge on any atom is 0.410 e. The van der Waals surface area contributed by atoms with E-state index in [4.69, 9.17) is 14.2 Å². The van der Waals surface area contributed by atoms with E-state index >= 15 is 0 Å². The third kappa shape index (κ3) is 3.27. The van der Waals surface area contributed by atoms with E-state index in [1.807, 2.05) is 20.8 Å². The van der Waals surface area contributed by atoms with Crippen molar-refractivity contribution in [2.45, 2.75) is 39.0 Å². The minimum absolute atomic E-state index is 0.158. The van der Waals surface area contributed by atoms with Crippen LogP contribution >= 0.6 is 0 Å². The summed E-state index contributed by atoms with van der Waals surface area (Å²) < 4.78 is 16.0. The Morgan fingerprint density at radius 2 is 1.82 bits per heavy atom. The van der Waals surface area contributed by atoms with Gasteiger partial charge in [0.15, 0.2) is 0 Å². The number of nitrogens with zero attached hydrogens (tertiary/aromatic N) is 1. The Hall–Kier alpha value is -1.95. The normalized spacial score (nSPS) is 17.7. The van der Waals surface area contributed by atoms with E-state index in [9.17, 15) is 9.90 Å². The van der Waals surface area contributed by atoms with Crippen LogP contribution in [0.4, 0.5) is 4.79 Å². The molecule has 0 bridgehead atoms.